The van der Waals surface area contributed by atoms with E-state index < -0.39 is 6.10 Å². The fourth-order valence-corrected chi connectivity index (χ4v) is 1.70. The number of hydrogen-bond donors (Lipinski definition) is 2. The van der Waals surface area contributed by atoms with Gasteiger partial charge >= 0.3 is 0 Å². The van der Waals surface area contributed by atoms with Gasteiger partial charge in [0.25, 0.3) is 0 Å². The zero-order valence-electron chi connectivity index (χ0n) is 8.86. The molecule has 0 saturated carbocycles. The van der Waals surface area contributed by atoms with Crippen molar-refractivity contribution in [1.29, 1.82) is 0 Å². The number of rotatable bonds is 4. The first kappa shape index (κ1) is 12.3. The number of furan rings is 1. The maximum Gasteiger partial charge on any atom is 0.134 e. The van der Waals surface area contributed by atoms with Crippen LogP contribution in [0.25, 0.3) is 0 Å². The highest BCUT2D eigenvalue weighted by molar-refractivity contribution is 6.42. The largest absolute Gasteiger partial charge is 0.467 e. The molecule has 0 bridgehead atoms. The van der Waals surface area contributed by atoms with Crippen LogP contribution in [0.5, 0.6) is 0 Å². The first-order valence-electron chi connectivity index (χ1n) is 5.07. The topological polar surface area (TPSA) is 45.4 Å². The molecule has 0 aliphatic rings. The second-order valence-electron chi connectivity index (χ2n) is 3.54. The summed E-state index contributed by atoms with van der Waals surface area (Å²) in [6.07, 6.45) is 0.831. The third-order valence-electron chi connectivity index (χ3n) is 2.29. The van der Waals surface area contributed by atoms with Crippen molar-refractivity contribution in [3.8, 4) is 0 Å². The molecule has 0 aliphatic heterocycles. The number of aliphatic hydroxyl groups excluding tert-OH is 1. The van der Waals surface area contributed by atoms with E-state index >= 15 is 0 Å². The van der Waals surface area contributed by atoms with Crippen molar-refractivity contribution in [2.24, 2.45) is 0 Å². The van der Waals surface area contributed by atoms with Crippen LogP contribution in [-0.4, -0.2) is 11.7 Å². The lowest BCUT2D eigenvalue weighted by atomic mass is 10.2. The van der Waals surface area contributed by atoms with Gasteiger partial charge in [-0.05, 0) is 30.3 Å². The Bertz CT molecular complexity index is 485. The highest BCUT2D eigenvalue weighted by Gasteiger charge is 2.09. The summed E-state index contributed by atoms with van der Waals surface area (Å²) in [6.45, 7) is 0.339. The van der Waals surface area contributed by atoms with Gasteiger partial charge in [-0.25, -0.2) is 0 Å². The van der Waals surface area contributed by atoms with E-state index in [1.54, 1.807) is 30.3 Å². The van der Waals surface area contributed by atoms with E-state index in [0.717, 1.165) is 5.69 Å². The van der Waals surface area contributed by atoms with Gasteiger partial charge in [-0.3, -0.25) is 0 Å². The second kappa shape index (κ2) is 5.45. The van der Waals surface area contributed by atoms with E-state index in [9.17, 15) is 5.11 Å². The van der Waals surface area contributed by atoms with Crippen LogP contribution in [0.1, 0.15) is 11.9 Å². The first-order valence-corrected chi connectivity index (χ1v) is 5.83. The Hall–Kier alpha value is -1.16. The van der Waals surface area contributed by atoms with Gasteiger partial charge in [0.05, 0.1) is 16.3 Å². The molecule has 0 aliphatic carbocycles. The Kier molecular flexibility index (Phi) is 3.94. The Balaban J connectivity index is 1.96. The van der Waals surface area contributed by atoms with E-state index in [2.05, 4.69) is 5.32 Å². The van der Waals surface area contributed by atoms with Crippen LogP contribution >= 0.6 is 23.2 Å². The van der Waals surface area contributed by atoms with E-state index in [-0.39, 0.29) is 0 Å². The van der Waals surface area contributed by atoms with Crippen LogP contribution in [0.4, 0.5) is 5.69 Å². The Morgan fingerprint density at radius 3 is 2.71 bits per heavy atom. The molecule has 1 aromatic heterocycles. The van der Waals surface area contributed by atoms with Crippen molar-refractivity contribution in [3.63, 3.8) is 0 Å². The average Bonchev–Trinajstić information content (AvgIpc) is 2.84. The lowest BCUT2D eigenvalue weighted by Gasteiger charge is -2.11. The molecule has 1 atom stereocenters. The number of halogens is 2. The predicted octanol–water partition coefficient (Wildman–Crippen LogP) is 3.73. The van der Waals surface area contributed by atoms with Gasteiger partial charge < -0.3 is 14.8 Å². The fourth-order valence-electron chi connectivity index (χ4n) is 1.40. The Morgan fingerprint density at radius 1 is 1.24 bits per heavy atom. The normalized spacial score (nSPS) is 12.4. The van der Waals surface area contributed by atoms with E-state index in [4.69, 9.17) is 27.6 Å². The molecule has 0 amide bonds. The minimum atomic E-state index is -0.695. The van der Waals surface area contributed by atoms with Gasteiger partial charge in [0.1, 0.15) is 11.9 Å². The Labute approximate surface area is 109 Å². The second-order valence-corrected chi connectivity index (χ2v) is 4.36. The van der Waals surface area contributed by atoms with Gasteiger partial charge in [-0.15, -0.1) is 0 Å². The minimum Gasteiger partial charge on any atom is -0.467 e. The molecule has 0 fully saturated rings. The SMILES string of the molecule is OC(CNc1ccc(Cl)c(Cl)c1)c1ccco1. The molecule has 1 unspecified atom stereocenters. The summed E-state index contributed by atoms with van der Waals surface area (Å²) in [5.74, 6) is 0.526. The summed E-state index contributed by atoms with van der Waals surface area (Å²) in [5.41, 5.74) is 0.796. The van der Waals surface area contributed by atoms with Gasteiger partial charge in [0, 0.05) is 12.2 Å². The predicted molar refractivity (Wildman–Crippen MR) is 68.6 cm³/mol. The van der Waals surface area contributed by atoms with Crippen molar-refractivity contribution in [2.45, 2.75) is 6.10 Å². The van der Waals surface area contributed by atoms with Crippen molar-refractivity contribution in [2.75, 3.05) is 11.9 Å². The number of benzene rings is 1. The average molecular weight is 272 g/mol. The molecule has 90 valence electrons. The molecule has 1 heterocycles. The third-order valence-corrected chi connectivity index (χ3v) is 3.03. The maximum atomic E-state index is 9.78. The summed E-state index contributed by atoms with van der Waals surface area (Å²) >= 11 is 11.7. The molecule has 1 aromatic carbocycles. The van der Waals surface area contributed by atoms with Crippen LogP contribution in [0.15, 0.2) is 41.0 Å². The molecule has 0 spiro atoms. The molecule has 2 N–H and O–H groups in total. The lowest BCUT2D eigenvalue weighted by molar-refractivity contribution is 0.162. The summed E-state index contributed by atoms with van der Waals surface area (Å²) in [6, 6.07) is 8.66. The molecular formula is C12H11Cl2NO2. The van der Waals surface area contributed by atoms with Crippen LogP contribution in [0, 0.1) is 0 Å². The summed E-state index contributed by atoms with van der Waals surface area (Å²) in [7, 11) is 0. The molecule has 17 heavy (non-hydrogen) atoms. The van der Waals surface area contributed by atoms with Gasteiger partial charge in [0.15, 0.2) is 0 Å². The summed E-state index contributed by atoms with van der Waals surface area (Å²) in [4.78, 5) is 0. The molecule has 3 nitrogen and oxygen atoms in total. The summed E-state index contributed by atoms with van der Waals surface area (Å²) < 4.78 is 5.09. The van der Waals surface area contributed by atoms with Gasteiger partial charge in [-0.2, -0.15) is 0 Å². The van der Waals surface area contributed by atoms with Crippen LogP contribution in [-0.2, 0) is 0 Å². The van der Waals surface area contributed by atoms with Crippen molar-refractivity contribution >= 4 is 28.9 Å². The first-order chi connectivity index (χ1) is 8.16. The molecule has 2 aromatic rings. The fraction of sp³-hybridized carbons (Fsp3) is 0.167. The quantitative estimate of drug-likeness (QED) is 0.891. The number of anilines is 1. The molecule has 5 heteroatoms. The highest BCUT2D eigenvalue weighted by atomic mass is 35.5. The highest BCUT2D eigenvalue weighted by Crippen LogP contribution is 2.25. The van der Waals surface area contributed by atoms with Gasteiger partial charge in [0.2, 0.25) is 0 Å². The molecular weight excluding hydrogens is 261 g/mol. The lowest BCUT2D eigenvalue weighted by Crippen LogP contribution is -2.11. The smallest absolute Gasteiger partial charge is 0.134 e. The number of aliphatic hydroxyl groups is 1. The van der Waals surface area contributed by atoms with Gasteiger partial charge in [-0.1, -0.05) is 23.2 Å². The van der Waals surface area contributed by atoms with Crippen LogP contribution in [0.2, 0.25) is 10.0 Å². The monoisotopic (exact) mass is 271 g/mol. The summed E-state index contributed by atoms with van der Waals surface area (Å²) in [5, 5.41) is 13.8. The molecule has 0 radical (unpaired) electrons. The standard InChI is InChI=1S/C12H11Cl2NO2/c13-9-4-3-8(6-10(9)14)15-7-11(16)12-2-1-5-17-12/h1-6,11,15-16H,7H2. The van der Waals surface area contributed by atoms with Crippen molar-refractivity contribution < 1.29 is 9.52 Å². The van der Waals surface area contributed by atoms with Crippen LogP contribution < -0.4 is 5.32 Å². The van der Waals surface area contributed by atoms with Crippen molar-refractivity contribution in [3.05, 3.63) is 52.4 Å². The number of hydrogen-bond acceptors (Lipinski definition) is 3. The van der Waals surface area contributed by atoms with Crippen LogP contribution in [0.3, 0.4) is 0 Å². The van der Waals surface area contributed by atoms with E-state index in [1.807, 2.05) is 0 Å². The van der Waals surface area contributed by atoms with E-state index in [1.165, 1.54) is 6.26 Å². The minimum absolute atomic E-state index is 0.339. The molecule has 0 saturated heterocycles. The van der Waals surface area contributed by atoms with Crippen molar-refractivity contribution in [1.82, 2.24) is 0 Å². The number of nitrogens with one attached hydrogen (secondary N) is 1. The molecule has 2 rings (SSSR count). The Morgan fingerprint density at radius 2 is 2.06 bits per heavy atom. The third kappa shape index (κ3) is 3.16. The zero-order chi connectivity index (χ0) is 12.3. The van der Waals surface area contributed by atoms with E-state index in [0.29, 0.717) is 22.4 Å². The maximum absolute atomic E-state index is 9.78. The zero-order valence-corrected chi connectivity index (χ0v) is 10.4.